The number of nitrogens with zero attached hydrogens (tertiary/aromatic N) is 4. The summed E-state index contributed by atoms with van der Waals surface area (Å²) in [4.78, 5) is 11.3. The van der Waals surface area contributed by atoms with E-state index in [4.69, 9.17) is 9.97 Å². The van der Waals surface area contributed by atoms with E-state index in [1.54, 1.807) is 0 Å². The lowest BCUT2D eigenvalue weighted by atomic mass is 9.92. The van der Waals surface area contributed by atoms with Crippen LogP contribution in [0.5, 0.6) is 0 Å². The molecule has 13 aromatic rings. The number of rotatable bonds is 4. The molecule has 0 N–H and O–H groups in total. The fourth-order valence-electron chi connectivity index (χ4n) is 9.79. The van der Waals surface area contributed by atoms with Gasteiger partial charge in [0.05, 0.1) is 38.8 Å². The molecule has 0 bridgehead atoms. The Morgan fingerprint density at radius 1 is 0.345 bits per heavy atom. The van der Waals surface area contributed by atoms with Crippen LogP contribution in [0, 0.1) is 0 Å². The minimum Gasteiger partial charge on any atom is -0.308 e. The van der Waals surface area contributed by atoms with Crippen LogP contribution in [-0.2, 0) is 0 Å². The maximum atomic E-state index is 5.68. The van der Waals surface area contributed by atoms with Crippen molar-refractivity contribution < 1.29 is 0 Å². The lowest BCUT2D eigenvalue weighted by Gasteiger charge is -2.17. The number of hydrogen-bond acceptors (Lipinski definition) is 2. The minimum atomic E-state index is 0.648. The van der Waals surface area contributed by atoms with Crippen LogP contribution < -0.4 is 0 Å². The van der Waals surface area contributed by atoms with Crippen LogP contribution in [0.2, 0.25) is 0 Å². The average Bonchev–Trinajstić information content (AvgIpc) is 3.78. The zero-order valence-corrected chi connectivity index (χ0v) is 31.3. The Morgan fingerprint density at radius 2 is 0.897 bits per heavy atom. The van der Waals surface area contributed by atoms with Gasteiger partial charge in [-0.2, -0.15) is 0 Å². The molecule has 0 amide bonds. The second-order valence-electron chi connectivity index (χ2n) is 15.3. The van der Waals surface area contributed by atoms with Gasteiger partial charge in [0, 0.05) is 43.4 Å². The summed E-state index contributed by atoms with van der Waals surface area (Å²) in [6.07, 6.45) is 0. The van der Waals surface area contributed by atoms with E-state index in [9.17, 15) is 0 Å². The zero-order chi connectivity index (χ0) is 37.9. The first-order valence-corrected chi connectivity index (χ1v) is 19.8. The Bertz CT molecular complexity index is 3770. The van der Waals surface area contributed by atoms with Gasteiger partial charge in [-0.25, -0.2) is 9.97 Å². The predicted octanol–water partition coefficient (Wildman–Crippen LogP) is 14.0. The van der Waals surface area contributed by atoms with Crippen molar-refractivity contribution in [3.8, 4) is 39.5 Å². The van der Waals surface area contributed by atoms with Gasteiger partial charge in [0.15, 0.2) is 0 Å². The smallest absolute Gasteiger partial charge is 0.235 e. The van der Waals surface area contributed by atoms with Gasteiger partial charge in [-0.1, -0.05) is 164 Å². The second kappa shape index (κ2) is 11.8. The lowest BCUT2D eigenvalue weighted by molar-refractivity contribution is 1.01. The van der Waals surface area contributed by atoms with E-state index in [0.717, 1.165) is 55.1 Å². The summed E-state index contributed by atoms with van der Waals surface area (Å²) in [5, 5.41) is 10.7. The van der Waals surface area contributed by atoms with Crippen molar-refractivity contribution in [2.45, 2.75) is 0 Å². The highest BCUT2D eigenvalue weighted by molar-refractivity contribution is 6.31. The van der Waals surface area contributed by atoms with Gasteiger partial charge in [-0.15, -0.1) is 0 Å². The van der Waals surface area contributed by atoms with Crippen molar-refractivity contribution in [2.75, 3.05) is 0 Å². The molecule has 0 aliphatic heterocycles. The molecule has 4 nitrogen and oxygen atoms in total. The van der Waals surface area contributed by atoms with Crippen molar-refractivity contribution in [3.05, 3.63) is 194 Å². The first-order valence-electron chi connectivity index (χ1n) is 19.8. The van der Waals surface area contributed by atoms with Gasteiger partial charge in [-0.3, -0.25) is 4.57 Å². The third-order valence-corrected chi connectivity index (χ3v) is 12.2. The van der Waals surface area contributed by atoms with Gasteiger partial charge in [0.2, 0.25) is 5.95 Å². The Morgan fingerprint density at radius 3 is 1.71 bits per heavy atom. The van der Waals surface area contributed by atoms with Crippen LogP contribution in [-0.4, -0.2) is 18.9 Å². The summed E-state index contributed by atoms with van der Waals surface area (Å²) in [6, 6.07) is 70.0. The van der Waals surface area contributed by atoms with Gasteiger partial charge in [-0.05, 0) is 63.2 Å². The molecule has 0 saturated carbocycles. The number of fused-ring (bicyclic) bond motifs is 7. The summed E-state index contributed by atoms with van der Waals surface area (Å²) >= 11 is 0. The van der Waals surface area contributed by atoms with Crippen LogP contribution in [0.4, 0.5) is 0 Å². The summed E-state index contributed by atoms with van der Waals surface area (Å²) in [7, 11) is 0. The third-order valence-electron chi connectivity index (χ3n) is 12.2. The first-order chi connectivity index (χ1) is 28.8. The summed E-state index contributed by atoms with van der Waals surface area (Å²) in [6.45, 7) is 0. The summed E-state index contributed by atoms with van der Waals surface area (Å²) < 4.78 is 4.78. The molecule has 0 aliphatic carbocycles. The van der Waals surface area contributed by atoms with Crippen molar-refractivity contribution in [1.82, 2.24) is 18.9 Å². The predicted molar refractivity (Wildman–Crippen MR) is 242 cm³/mol. The van der Waals surface area contributed by atoms with Gasteiger partial charge in [0.25, 0.3) is 0 Å². The first kappa shape index (κ1) is 31.4. The summed E-state index contributed by atoms with van der Waals surface area (Å²) in [5.41, 5.74) is 13.3. The Balaban J connectivity index is 1.19. The van der Waals surface area contributed by atoms with Crippen molar-refractivity contribution in [2.24, 2.45) is 0 Å². The SMILES string of the molecule is c1ccc(-c2ccc(-c3c4ccccc4cc4c(-c5ccccc5)nc(-n5c6cccc7c8cccc9c%10ccccc%10n(c%10cccc5c%10c76)c89)nc34)cc2)cc1. The molecule has 0 aliphatic rings. The van der Waals surface area contributed by atoms with Crippen molar-refractivity contribution in [3.63, 3.8) is 0 Å². The normalized spacial score (nSPS) is 12.1. The molecule has 0 radical (unpaired) electrons. The quantitative estimate of drug-likeness (QED) is 0.169. The zero-order valence-electron chi connectivity index (χ0n) is 31.3. The van der Waals surface area contributed by atoms with Crippen LogP contribution in [0.3, 0.4) is 0 Å². The van der Waals surface area contributed by atoms with E-state index in [2.05, 4.69) is 203 Å². The maximum absolute atomic E-state index is 5.68. The van der Waals surface area contributed by atoms with E-state index >= 15 is 0 Å². The molecule has 4 heterocycles. The Kier molecular flexibility index (Phi) is 6.41. The largest absolute Gasteiger partial charge is 0.308 e. The monoisotopic (exact) mass is 736 g/mol. The lowest BCUT2D eigenvalue weighted by Crippen LogP contribution is -2.04. The molecule has 0 saturated heterocycles. The number of para-hydroxylation sites is 2. The van der Waals surface area contributed by atoms with E-state index in [0.29, 0.717) is 5.95 Å². The fraction of sp³-hybridized carbons (Fsp3) is 0. The summed E-state index contributed by atoms with van der Waals surface area (Å²) in [5.74, 6) is 0.648. The van der Waals surface area contributed by atoms with Gasteiger partial charge in [0.1, 0.15) is 0 Å². The third kappa shape index (κ3) is 4.29. The number of aromatic nitrogens is 4. The molecule has 58 heavy (non-hydrogen) atoms. The molecule has 4 aromatic heterocycles. The van der Waals surface area contributed by atoms with Crippen LogP contribution in [0.25, 0.3) is 121 Å². The molecule has 0 spiro atoms. The molecular weight excluding hydrogens is 705 g/mol. The van der Waals surface area contributed by atoms with Gasteiger partial charge < -0.3 is 4.40 Å². The molecule has 0 atom stereocenters. The Hall–Kier alpha value is -7.82. The Labute approximate surface area is 332 Å². The highest BCUT2D eigenvalue weighted by Crippen LogP contribution is 2.45. The maximum Gasteiger partial charge on any atom is 0.235 e. The topological polar surface area (TPSA) is 35.1 Å². The molecule has 13 rings (SSSR count). The van der Waals surface area contributed by atoms with Crippen LogP contribution in [0.15, 0.2) is 194 Å². The number of benzene rings is 9. The molecule has 4 heteroatoms. The van der Waals surface area contributed by atoms with Crippen LogP contribution >= 0.6 is 0 Å². The van der Waals surface area contributed by atoms with Crippen molar-refractivity contribution in [1.29, 1.82) is 0 Å². The highest BCUT2D eigenvalue weighted by atomic mass is 15.2. The van der Waals surface area contributed by atoms with Gasteiger partial charge >= 0.3 is 0 Å². The molecule has 0 fully saturated rings. The highest BCUT2D eigenvalue weighted by Gasteiger charge is 2.24. The molecular formula is C54H32N4. The second-order valence-corrected chi connectivity index (χ2v) is 15.3. The molecule has 0 unspecified atom stereocenters. The van der Waals surface area contributed by atoms with E-state index in [1.807, 2.05) is 0 Å². The fourth-order valence-corrected chi connectivity index (χ4v) is 9.79. The van der Waals surface area contributed by atoms with E-state index in [1.165, 1.54) is 60.0 Å². The standard InChI is InChI=1S/C54H32N4/c1-3-14-33(15-4-1)34-28-30-35(31-29-34)48-38-19-8-7-18-37(38)32-43-51(36-16-5-2-6-17-36)55-54(56-52(43)48)58-45-25-12-21-40-42-23-11-22-41-39-20-9-10-24-44(39)57(53(41)42)46-26-13-27-47(58)50(46)49(40)45/h1-32H. The van der Waals surface area contributed by atoms with Crippen LogP contribution in [0.1, 0.15) is 0 Å². The minimum absolute atomic E-state index is 0.648. The molecule has 9 aromatic carbocycles. The number of hydrogen-bond donors (Lipinski definition) is 0. The van der Waals surface area contributed by atoms with Crippen molar-refractivity contribution >= 4 is 81.6 Å². The average molecular weight is 737 g/mol. The van der Waals surface area contributed by atoms with E-state index in [-0.39, 0.29) is 0 Å². The molecule has 268 valence electrons. The van der Waals surface area contributed by atoms with E-state index < -0.39 is 0 Å².